The van der Waals surface area contributed by atoms with Gasteiger partial charge in [-0.05, 0) is 95.6 Å². The SMILES string of the molecule is c1ccc(-c2ccc(-c3nc(-c4ccccc4)nc(-c4ccc([Si]5(c6ccc7c(c6)c6ccccc6n7-c6ccc(-c7ccccc7)cc6)c6ccccc6-c6cc(-c7ccccc7)ccc65)cc4)n3)cc2)cc1. The van der Waals surface area contributed by atoms with E-state index in [-0.39, 0.29) is 0 Å². The van der Waals surface area contributed by atoms with E-state index in [0.717, 1.165) is 27.9 Å². The lowest BCUT2D eigenvalue weighted by Crippen LogP contribution is -2.72. The maximum Gasteiger partial charge on any atom is 0.180 e. The average molecular weight is 959 g/mol. The zero-order valence-corrected chi connectivity index (χ0v) is 41.3. The first kappa shape index (κ1) is 43.3. The third kappa shape index (κ3) is 7.24. The Morgan fingerprint density at radius 2 is 0.662 bits per heavy atom. The second-order valence-electron chi connectivity index (χ2n) is 19.1. The van der Waals surface area contributed by atoms with Crippen molar-refractivity contribution in [3.63, 3.8) is 0 Å². The second kappa shape index (κ2) is 17.9. The number of aromatic nitrogens is 4. The Labute approximate surface area is 431 Å². The van der Waals surface area contributed by atoms with Gasteiger partial charge in [-0.3, -0.25) is 0 Å². The topological polar surface area (TPSA) is 43.6 Å². The van der Waals surface area contributed by atoms with Crippen LogP contribution in [0.15, 0.2) is 279 Å². The minimum atomic E-state index is -3.02. The highest BCUT2D eigenvalue weighted by atomic mass is 28.3. The summed E-state index contributed by atoms with van der Waals surface area (Å²) in [7, 11) is -3.02. The Morgan fingerprint density at radius 1 is 0.257 bits per heavy atom. The van der Waals surface area contributed by atoms with Crippen LogP contribution in [0.1, 0.15) is 0 Å². The molecule has 13 aromatic rings. The first-order valence-corrected chi connectivity index (χ1v) is 27.3. The molecule has 1 aliphatic rings. The molecule has 14 rings (SSSR count). The highest BCUT2D eigenvalue weighted by Crippen LogP contribution is 2.37. The fraction of sp³-hybridized carbons (Fsp3) is 0. The number of hydrogen-bond donors (Lipinski definition) is 0. The van der Waals surface area contributed by atoms with Gasteiger partial charge < -0.3 is 4.57 Å². The lowest BCUT2D eigenvalue weighted by molar-refractivity contribution is 1.07. The van der Waals surface area contributed by atoms with E-state index in [4.69, 9.17) is 15.0 Å². The molecular formula is C69H46N4Si. The predicted octanol–water partition coefficient (Wildman–Crippen LogP) is 14.3. The van der Waals surface area contributed by atoms with Crippen molar-refractivity contribution in [2.75, 3.05) is 0 Å². The molecule has 0 aliphatic carbocycles. The Morgan fingerprint density at radius 3 is 1.27 bits per heavy atom. The highest BCUT2D eigenvalue weighted by Gasteiger charge is 2.49. The molecule has 1 atom stereocenters. The van der Waals surface area contributed by atoms with Crippen molar-refractivity contribution in [2.24, 2.45) is 0 Å². The van der Waals surface area contributed by atoms with Crippen LogP contribution in [-0.4, -0.2) is 27.6 Å². The molecule has 11 aromatic carbocycles. The standard InChI is InChI=1S/C69H46N4Si/c1-5-17-47(18-6-1)50-29-31-53(32-30-50)68-70-67(52-23-11-4-12-24-52)71-69(72-68)54-35-40-57(41-36-54)74(65-28-16-14-26-60(65)62-45-55(37-44-66(62)74)49-21-9-3-10-22-49)58-42-43-64-61(46-58)59-25-13-15-27-63(59)73(64)56-38-33-51(34-39-56)48-19-7-2-8-20-48/h1-46H. The molecule has 0 fully saturated rings. The third-order valence-electron chi connectivity index (χ3n) is 15.0. The van der Waals surface area contributed by atoms with Gasteiger partial charge in [-0.25, -0.2) is 15.0 Å². The normalized spacial score (nSPS) is 13.7. The molecule has 0 saturated heterocycles. The maximum absolute atomic E-state index is 5.21. The molecule has 1 aliphatic heterocycles. The molecule has 0 N–H and O–H groups in total. The van der Waals surface area contributed by atoms with Crippen LogP contribution < -0.4 is 20.7 Å². The van der Waals surface area contributed by atoms with Crippen LogP contribution in [0.25, 0.3) is 106 Å². The van der Waals surface area contributed by atoms with E-state index >= 15 is 0 Å². The minimum Gasteiger partial charge on any atom is -0.309 e. The van der Waals surface area contributed by atoms with E-state index in [1.165, 1.54) is 81.5 Å². The molecular weight excluding hydrogens is 913 g/mol. The molecule has 3 heterocycles. The summed E-state index contributed by atoms with van der Waals surface area (Å²) in [5, 5.41) is 7.89. The van der Waals surface area contributed by atoms with E-state index in [1.54, 1.807) is 0 Å². The van der Waals surface area contributed by atoms with Crippen molar-refractivity contribution < 1.29 is 0 Å². The van der Waals surface area contributed by atoms with Gasteiger partial charge in [0, 0.05) is 33.2 Å². The molecule has 1 unspecified atom stereocenters. The van der Waals surface area contributed by atoms with Crippen LogP contribution in [0.4, 0.5) is 0 Å². The molecule has 0 saturated carbocycles. The lowest BCUT2D eigenvalue weighted by Gasteiger charge is -2.31. The van der Waals surface area contributed by atoms with Gasteiger partial charge in [0.15, 0.2) is 25.5 Å². The van der Waals surface area contributed by atoms with Crippen molar-refractivity contribution in [1.29, 1.82) is 0 Å². The van der Waals surface area contributed by atoms with Crippen LogP contribution in [0.2, 0.25) is 0 Å². The molecule has 2 aromatic heterocycles. The highest BCUT2D eigenvalue weighted by molar-refractivity contribution is 7.22. The molecule has 346 valence electrons. The zero-order chi connectivity index (χ0) is 49.0. The van der Waals surface area contributed by atoms with Crippen molar-refractivity contribution in [3.8, 4) is 84.4 Å². The first-order chi connectivity index (χ1) is 36.7. The molecule has 0 amide bonds. The lowest BCUT2D eigenvalue weighted by atomic mass is 9.99. The zero-order valence-electron chi connectivity index (χ0n) is 40.3. The number of para-hydroxylation sites is 1. The fourth-order valence-electron chi connectivity index (χ4n) is 11.5. The number of rotatable bonds is 9. The van der Waals surface area contributed by atoms with E-state index in [0.29, 0.717) is 17.5 Å². The van der Waals surface area contributed by atoms with Crippen LogP contribution in [0.3, 0.4) is 0 Å². The molecule has 5 heteroatoms. The first-order valence-electron chi connectivity index (χ1n) is 25.3. The smallest absolute Gasteiger partial charge is 0.180 e. The van der Waals surface area contributed by atoms with Crippen LogP contribution in [0, 0.1) is 0 Å². The van der Waals surface area contributed by atoms with Gasteiger partial charge in [0.25, 0.3) is 0 Å². The Balaban J connectivity index is 0.946. The van der Waals surface area contributed by atoms with Gasteiger partial charge in [-0.15, -0.1) is 0 Å². The quantitative estimate of drug-likeness (QED) is 0.135. The minimum absolute atomic E-state index is 0.633. The summed E-state index contributed by atoms with van der Waals surface area (Å²) in [5.41, 5.74) is 16.1. The third-order valence-corrected chi connectivity index (χ3v) is 19.8. The average Bonchev–Trinajstić information content (AvgIpc) is 3.99. The predicted molar refractivity (Wildman–Crippen MR) is 309 cm³/mol. The summed E-state index contributed by atoms with van der Waals surface area (Å²) in [6, 6.07) is 101. The van der Waals surface area contributed by atoms with Gasteiger partial charge in [0.2, 0.25) is 0 Å². The molecule has 0 bridgehead atoms. The number of nitrogens with zero attached hydrogens (tertiary/aromatic N) is 4. The van der Waals surface area contributed by atoms with E-state index in [2.05, 4.69) is 259 Å². The van der Waals surface area contributed by atoms with Crippen molar-refractivity contribution >= 4 is 50.6 Å². The summed E-state index contributed by atoms with van der Waals surface area (Å²) in [5.74, 6) is 1.91. The number of hydrogen-bond acceptors (Lipinski definition) is 3. The van der Waals surface area contributed by atoms with Crippen LogP contribution in [0.5, 0.6) is 0 Å². The van der Waals surface area contributed by atoms with Gasteiger partial charge in [0.05, 0.1) is 11.0 Å². The van der Waals surface area contributed by atoms with Crippen molar-refractivity contribution in [3.05, 3.63) is 279 Å². The van der Waals surface area contributed by atoms with Gasteiger partial charge in [-0.2, -0.15) is 0 Å². The largest absolute Gasteiger partial charge is 0.309 e. The molecule has 4 nitrogen and oxygen atoms in total. The van der Waals surface area contributed by atoms with Gasteiger partial charge in [-0.1, -0.05) is 249 Å². The van der Waals surface area contributed by atoms with E-state index < -0.39 is 8.07 Å². The summed E-state index contributed by atoms with van der Waals surface area (Å²) < 4.78 is 2.43. The Bertz CT molecular complexity index is 4200. The second-order valence-corrected chi connectivity index (χ2v) is 22.8. The molecule has 0 radical (unpaired) electrons. The van der Waals surface area contributed by atoms with Crippen molar-refractivity contribution in [2.45, 2.75) is 0 Å². The van der Waals surface area contributed by atoms with Crippen LogP contribution in [-0.2, 0) is 0 Å². The fourth-order valence-corrected chi connectivity index (χ4v) is 16.6. The Kier molecular flexibility index (Phi) is 10.5. The van der Waals surface area contributed by atoms with Gasteiger partial charge in [0.1, 0.15) is 0 Å². The summed E-state index contributed by atoms with van der Waals surface area (Å²) in [6.07, 6.45) is 0. The maximum atomic E-state index is 5.21. The molecule has 74 heavy (non-hydrogen) atoms. The summed E-state index contributed by atoms with van der Waals surface area (Å²) >= 11 is 0. The van der Waals surface area contributed by atoms with Gasteiger partial charge >= 0.3 is 0 Å². The molecule has 0 spiro atoms. The van der Waals surface area contributed by atoms with Crippen molar-refractivity contribution in [1.82, 2.24) is 19.5 Å². The summed E-state index contributed by atoms with van der Waals surface area (Å²) in [6.45, 7) is 0. The monoisotopic (exact) mass is 958 g/mol. The van der Waals surface area contributed by atoms with E-state index in [9.17, 15) is 0 Å². The van der Waals surface area contributed by atoms with Crippen LogP contribution >= 0.6 is 0 Å². The number of benzene rings is 11. The number of fused-ring (bicyclic) bond motifs is 6. The summed E-state index contributed by atoms with van der Waals surface area (Å²) in [4.78, 5) is 15.5. The Hall–Kier alpha value is -9.55. The van der Waals surface area contributed by atoms with E-state index in [1.807, 2.05) is 24.3 Å².